The molecular formula is C9H24N2O3Si. The van der Waals surface area contributed by atoms with E-state index in [1.807, 2.05) is 0 Å². The molecule has 0 saturated heterocycles. The van der Waals surface area contributed by atoms with Crippen LogP contribution in [-0.4, -0.2) is 56.3 Å². The summed E-state index contributed by atoms with van der Waals surface area (Å²) in [5, 5.41) is 6.55. The third-order valence-corrected chi connectivity index (χ3v) is 5.00. The lowest BCUT2D eigenvalue weighted by Gasteiger charge is -2.24. The molecule has 0 aliphatic carbocycles. The second-order valence-corrected chi connectivity index (χ2v) is 6.24. The maximum absolute atomic E-state index is 5.30. The van der Waals surface area contributed by atoms with Crippen LogP contribution in [-0.2, 0) is 13.3 Å². The molecule has 5 nitrogen and oxygen atoms in total. The smallest absolute Gasteiger partial charge is 0.377 e. The van der Waals surface area contributed by atoms with E-state index in [0.29, 0.717) is 0 Å². The molecule has 0 amide bonds. The quantitative estimate of drug-likeness (QED) is 0.415. The Balaban J connectivity index is 3.54. The highest BCUT2D eigenvalue weighted by Crippen LogP contribution is 2.10. The minimum atomic E-state index is -2.37. The first kappa shape index (κ1) is 15.0. The highest BCUT2D eigenvalue weighted by Gasteiger charge is 2.36. The summed E-state index contributed by atoms with van der Waals surface area (Å²) < 4.78 is 15.9. The van der Waals surface area contributed by atoms with Crippen LogP contribution < -0.4 is 10.6 Å². The van der Waals surface area contributed by atoms with Gasteiger partial charge in [-0.2, -0.15) is 0 Å². The Morgan fingerprint density at radius 3 is 1.87 bits per heavy atom. The number of nitrogens with one attached hydrogen (secondary N) is 2. The molecule has 0 fully saturated rings. The van der Waals surface area contributed by atoms with Crippen LogP contribution in [0.4, 0.5) is 0 Å². The van der Waals surface area contributed by atoms with Crippen LogP contribution in [0.25, 0.3) is 0 Å². The van der Waals surface area contributed by atoms with E-state index in [4.69, 9.17) is 13.3 Å². The molecule has 0 bridgehead atoms. The summed E-state index contributed by atoms with van der Waals surface area (Å²) in [4.78, 5) is 0. The van der Waals surface area contributed by atoms with E-state index in [0.717, 1.165) is 32.2 Å². The molecule has 0 radical (unpaired) electrons. The van der Waals surface area contributed by atoms with Crippen molar-refractivity contribution in [1.82, 2.24) is 10.6 Å². The van der Waals surface area contributed by atoms with Gasteiger partial charge in [0, 0.05) is 40.5 Å². The van der Waals surface area contributed by atoms with Crippen molar-refractivity contribution in [3.8, 4) is 0 Å². The molecule has 0 aromatic heterocycles. The van der Waals surface area contributed by atoms with Gasteiger partial charge in [-0.1, -0.05) is 6.92 Å². The minimum Gasteiger partial charge on any atom is -0.377 e. The maximum atomic E-state index is 5.30. The largest absolute Gasteiger partial charge is 0.501 e. The molecule has 0 saturated carbocycles. The Bertz CT molecular complexity index is 137. The first-order chi connectivity index (χ1) is 7.24. The molecule has 0 spiro atoms. The molecule has 0 unspecified atom stereocenters. The van der Waals surface area contributed by atoms with Crippen LogP contribution in [0.5, 0.6) is 0 Å². The molecule has 2 N–H and O–H groups in total. The van der Waals surface area contributed by atoms with Crippen LogP contribution in [0.15, 0.2) is 0 Å². The van der Waals surface area contributed by atoms with Crippen LogP contribution >= 0.6 is 0 Å². The predicted molar refractivity (Wildman–Crippen MR) is 63.0 cm³/mol. The summed E-state index contributed by atoms with van der Waals surface area (Å²) in [7, 11) is 2.54. The van der Waals surface area contributed by atoms with Gasteiger partial charge >= 0.3 is 8.80 Å². The van der Waals surface area contributed by atoms with E-state index in [2.05, 4.69) is 17.6 Å². The van der Waals surface area contributed by atoms with E-state index in [1.54, 1.807) is 21.3 Å². The summed E-state index contributed by atoms with van der Waals surface area (Å²) in [5.41, 5.74) is 0. The fraction of sp³-hybridized carbons (Fsp3) is 1.00. The molecule has 0 aliphatic rings. The van der Waals surface area contributed by atoms with Crippen molar-refractivity contribution in [3.05, 3.63) is 0 Å². The Kier molecular flexibility index (Phi) is 9.27. The van der Waals surface area contributed by atoms with Crippen molar-refractivity contribution in [3.63, 3.8) is 0 Å². The van der Waals surface area contributed by atoms with Gasteiger partial charge in [0.1, 0.15) is 0 Å². The van der Waals surface area contributed by atoms with Gasteiger partial charge in [0.2, 0.25) is 0 Å². The molecule has 6 heteroatoms. The summed E-state index contributed by atoms with van der Waals surface area (Å²) in [6.45, 7) is 5.90. The van der Waals surface area contributed by atoms with Crippen molar-refractivity contribution >= 4 is 8.80 Å². The number of rotatable bonds is 10. The van der Waals surface area contributed by atoms with Gasteiger partial charge in [-0.15, -0.1) is 0 Å². The first-order valence-electron chi connectivity index (χ1n) is 5.31. The fourth-order valence-corrected chi connectivity index (χ4v) is 2.87. The third-order valence-electron chi connectivity index (χ3n) is 2.27. The van der Waals surface area contributed by atoms with Gasteiger partial charge in [0.25, 0.3) is 0 Å². The molecular weight excluding hydrogens is 212 g/mol. The second-order valence-electron chi connectivity index (χ2n) is 3.15. The van der Waals surface area contributed by atoms with Crippen LogP contribution in [0.2, 0.25) is 6.04 Å². The van der Waals surface area contributed by atoms with Crippen LogP contribution in [0.3, 0.4) is 0 Å². The maximum Gasteiger partial charge on any atom is 0.501 e. The van der Waals surface area contributed by atoms with E-state index >= 15 is 0 Å². The van der Waals surface area contributed by atoms with E-state index in [-0.39, 0.29) is 0 Å². The lowest BCUT2D eigenvalue weighted by molar-refractivity contribution is 0.123. The Morgan fingerprint density at radius 1 is 0.867 bits per heavy atom. The van der Waals surface area contributed by atoms with Gasteiger partial charge in [-0.05, 0) is 13.1 Å². The summed E-state index contributed by atoms with van der Waals surface area (Å²) >= 11 is 0. The highest BCUT2D eigenvalue weighted by atomic mass is 28.4. The first-order valence-corrected chi connectivity index (χ1v) is 7.24. The zero-order chi connectivity index (χ0) is 11.6. The SMILES string of the molecule is CCNCCNCC[Si](OC)(OC)OC. The standard InChI is InChI=1S/C9H24N2O3Si/c1-5-10-6-7-11-8-9-15(12-2,13-3)14-4/h10-11H,5-9H2,1-4H3. The molecule has 0 aromatic carbocycles. The van der Waals surface area contributed by atoms with Crippen molar-refractivity contribution in [2.45, 2.75) is 13.0 Å². The van der Waals surface area contributed by atoms with Crippen LogP contribution in [0.1, 0.15) is 6.92 Å². The second kappa shape index (κ2) is 9.26. The molecule has 0 atom stereocenters. The van der Waals surface area contributed by atoms with Gasteiger partial charge in [0.15, 0.2) is 0 Å². The highest BCUT2D eigenvalue weighted by molar-refractivity contribution is 6.60. The number of hydrogen-bond acceptors (Lipinski definition) is 5. The normalized spacial score (nSPS) is 12.0. The van der Waals surface area contributed by atoms with Crippen LogP contribution in [0, 0.1) is 0 Å². The van der Waals surface area contributed by atoms with Crippen molar-refractivity contribution < 1.29 is 13.3 Å². The summed E-state index contributed by atoms with van der Waals surface area (Å²) in [6.07, 6.45) is 0. The molecule has 0 heterocycles. The average Bonchev–Trinajstić information content (AvgIpc) is 2.29. The van der Waals surface area contributed by atoms with Crippen molar-refractivity contribution in [1.29, 1.82) is 0 Å². The van der Waals surface area contributed by atoms with E-state index in [9.17, 15) is 0 Å². The Hall–Kier alpha value is 0.0169. The van der Waals surface area contributed by atoms with E-state index < -0.39 is 8.80 Å². The number of likely N-dealkylation sites (N-methyl/N-ethyl adjacent to an activating group) is 1. The molecule has 0 aromatic rings. The number of hydrogen-bond donors (Lipinski definition) is 2. The Labute approximate surface area is 93.9 Å². The molecule has 15 heavy (non-hydrogen) atoms. The minimum absolute atomic E-state index is 0.794. The van der Waals surface area contributed by atoms with Gasteiger partial charge in [-0.25, -0.2) is 0 Å². The molecule has 0 rings (SSSR count). The predicted octanol–water partition coefficient (Wildman–Crippen LogP) is 0.0636. The molecule has 92 valence electrons. The third kappa shape index (κ3) is 6.24. The van der Waals surface area contributed by atoms with Crippen molar-refractivity contribution in [2.24, 2.45) is 0 Å². The summed E-state index contributed by atoms with van der Waals surface area (Å²) in [5.74, 6) is 0. The fourth-order valence-electron chi connectivity index (χ4n) is 1.28. The lowest BCUT2D eigenvalue weighted by Crippen LogP contribution is -2.45. The lowest BCUT2D eigenvalue weighted by atomic mass is 10.5. The zero-order valence-electron chi connectivity index (χ0n) is 10.3. The monoisotopic (exact) mass is 236 g/mol. The van der Waals surface area contributed by atoms with Crippen molar-refractivity contribution in [2.75, 3.05) is 47.5 Å². The van der Waals surface area contributed by atoms with E-state index in [1.165, 1.54) is 0 Å². The average molecular weight is 236 g/mol. The van der Waals surface area contributed by atoms with Gasteiger partial charge in [0.05, 0.1) is 0 Å². The topological polar surface area (TPSA) is 51.8 Å². The zero-order valence-corrected chi connectivity index (χ0v) is 11.3. The summed E-state index contributed by atoms with van der Waals surface area (Å²) in [6, 6.07) is 0.794. The molecule has 0 aliphatic heterocycles. The van der Waals surface area contributed by atoms with Gasteiger partial charge < -0.3 is 23.9 Å². The Morgan fingerprint density at radius 2 is 1.40 bits per heavy atom. The van der Waals surface area contributed by atoms with Gasteiger partial charge in [-0.3, -0.25) is 0 Å².